The van der Waals surface area contributed by atoms with Gasteiger partial charge in [0.25, 0.3) is 0 Å². The predicted molar refractivity (Wildman–Crippen MR) is 84.5 cm³/mol. The van der Waals surface area contributed by atoms with Crippen molar-refractivity contribution in [3.05, 3.63) is 34.9 Å². The van der Waals surface area contributed by atoms with Crippen LogP contribution in [0, 0.1) is 0 Å². The number of halogens is 1. The molecule has 6 heteroatoms. The molecule has 1 N–H and O–H groups in total. The summed E-state index contributed by atoms with van der Waals surface area (Å²) in [4.78, 5) is 14.4. The monoisotopic (exact) mass is 326 g/mol. The minimum atomic E-state index is -0.720. The number of rotatable bonds is 2. The number of nitrogens with one attached hydrogen (secondary N) is 1. The lowest BCUT2D eigenvalue weighted by molar-refractivity contribution is -0.132. The van der Waals surface area contributed by atoms with Gasteiger partial charge in [-0.05, 0) is 37.5 Å². The Bertz CT molecular complexity index is 571. The molecular weight excluding hydrogens is 308 g/mol. The second kappa shape index (κ2) is 6.07. The Morgan fingerprint density at radius 3 is 2.71 bits per heavy atom. The van der Waals surface area contributed by atoms with E-state index in [0.29, 0.717) is 16.5 Å². The summed E-state index contributed by atoms with van der Waals surface area (Å²) in [5.41, 5.74) is 1.01. The van der Waals surface area contributed by atoms with Gasteiger partial charge in [0.15, 0.2) is 0 Å². The minimum Gasteiger partial charge on any atom is -0.319 e. The van der Waals surface area contributed by atoms with Gasteiger partial charge in [-0.2, -0.15) is 0 Å². The molecule has 2 fully saturated rings. The molecule has 1 aromatic rings. The number of benzene rings is 1. The SMILES string of the molecule is CC1NC(c2cccc(Cl)c2)N(C2CCS(=O)CC2)C1=O. The molecular formula is C15H19ClN2O2S. The van der Waals surface area contributed by atoms with Crippen LogP contribution in [0.25, 0.3) is 0 Å². The quantitative estimate of drug-likeness (QED) is 0.905. The second-order valence-electron chi connectivity index (χ2n) is 5.67. The van der Waals surface area contributed by atoms with Crippen molar-refractivity contribution in [1.82, 2.24) is 10.2 Å². The van der Waals surface area contributed by atoms with E-state index in [1.807, 2.05) is 36.1 Å². The molecule has 2 unspecified atom stereocenters. The fourth-order valence-corrected chi connectivity index (χ4v) is 4.60. The molecule has 0 spiro atoms. The molecule has 2 aliphatic rings. The summed E-state index contributed by atoms with van der Waals surface area (Å²) < 4.78 is 11.5. The third-order valence-electron chi connectivity index (χ3n) is 4.23. The van der Waals surface area contributed by atoms with E-state index in [4.69, 9.17) is 11.6 Å². The van der Waals surface area contributed by atoms with Gasteiger partial charge in [-0.3, -0.25) is 14.3 Å². The largest absolute Gasteiger partial charge is 0.319 e. The van der Waals surface area contributed by atoms with Crippen molar-refractivity contribution in [3.8, 4) is 0 Å². The summed E-state index contributed by atoms with van der Waals surface area (Å²) in [5.74, 6) is 1.49. The van der Waals surface area contributed by atoms with E-state index in [0.717, 1.165) is 18.4 Å². The summed E-state index contributed by atoms with van der Waals surface area (Å²) in [7, 11) is -0.720. The van der Waals surface area contributed by atoms with Crippen LogP contribution >= 0.6 is 11.6 Å². The van der Waals surface area contributed by atoms with Gasteiger partial charge in [0.05, 0.1) is 6.04 Å². The van der Waals surface area contributed by atoms with Crippen molar-refractivity contribution in [2.75, 3.05) is 11.5 Å². The predicted octanol–water partition coefficient (Wildman–Crippen LogP) is 2.07. The standard InChI is InChI=1S/C15H19ClN2O2S/c1-10-15(19)18(13-5-7-21(20)8-6-13)14(17-10)11-3-2-4-12(16)9-11/h2-4,9-10,13-14,17H,5-8H2,1H3. The van der Waals surface area contributed by atoms with Gasteiger partial charge in [0, 0.05) is 33.4 Å². The van der Waals surface area contributed by atoms with Gasteiger partial charge >= 0.3 is 0 Å². The maximum atomic E-state index is 12.5. The Balaban J connectivity index is 1.87. The zero-order valence-electron chi connectivity index (χ0n) is 11.9. The number of hydrogen-bond acceptors (Lipinski definition) is 3. The highest BCUT2D eigenvalue weighted by Gasteiger charge is 2.41. The van der Waals surface area contributed by atoms with E-state index < -0.39 is 10.8 Å². The van der Waals surface area contributed by atoms with Gasteiger partial charge in [0.1, 0.15) is 6.17 Å². The van der Waals surface area contributed by atoms with Crippen LogP contribution in [0.3, 0.4) is 0 Å². The second-order valence-corrected chi connectivity index (χ2v) is 7.80. The van der Waals surface area contributed by atoms with Crippen molar-refractivity contribution in [1.29, 1.82) is 0 Å². The summed E-state index contributed by atoms with van der Waals surface area (Å²) >= 11 is 6.08. The van der Waals surface area contributed by atoms with Crippen LogP contribution in [-0.2, 0) is 15.6 Å². The molecule has 2 heterocycles. The van der Waals surface area contributed by atoms with E-state index in [-0.39, 0.29) is 24.2 Å². The topological polar surface area (TPSA) is 49.4 Å². The summed E-state index contributed by atoms with van der Waals surface area (Å²) in [6.07, 6.45) is 1.48. The van der Waals surface area contributed by atoms with Crippen LogP contribution in [-0.4, -0.2) is 38.6 Å². The molecule has 2 atom stereocenters. The first-order valence-corrected chi connectivity index (χ1v) is 9.11. The molecule has 0 radical (unpaired) electrons. The number of amides is 1. The van der Waals surface area contributed by atoms with Crippen molar-refractivity contribution in [2.45, 2.75) is 38.0 Å². The Labute approximate surface area is 132 Å². The Morgan fingerprint density at radius 2 is 2.05 bits per heavy atom. The number of carbonyl (C=O) groups is 1. The van der Waals surface area contributed by atoms with Gasteiger partial charge in [-0.15, -0.1) is 0 Å². The highest BCUT2D eigenvalue weighted by molar-refractivity contribution is 7.85. The molecule has 21 heavy (non-hydrogen) atoms. The lowest BCUT2D eigenvalue weighted by Gasteiger charge is -2.35. The van der Waals surface area contributed by atoms with Gasteiger partial charge < -0.3 is 4.90 Å². The highest BCUT2D eigenvalue weighted by Crippen LogP contribution is 2.32. The smallest absolute Gasteiger partial charge is 0.241 e. The summed E-state index contributed by atoms with van der Waals surface area (Å²) in [6.45, 7) is 1.89. The van der Waals surface area contributed by atoms with Crippen molar-refractivity contribution in [3.63, 3.8) is 0 Å². The van der Waals surface area contributed by atoms with Crippen molar-refractivity contribution < 1.29 is 9.00 Å². The average Bonchev–Trinajstić information content (AvgIpc) is 2.76. The number of nitrogens with zero attached hydrogens (tertiary/aromatic N) is 1. The lowest BCUT2D eigenvalue weighted by atomic mass is 10.1. The van der Waals surface area contributed by atoms with Gasteiger partial charge in [0.2, 0.25) is 5.91 Å². The third kappa shape index (κ3) is 3.00. The maximum Gasteiger partial charge on any atom is 0.241 e. The molecule has 1 amide bonds. The van der Waals surface area contributed by atoms with Crippen LogP contribution in [0.15, 0.2) is 24.3 Å². The Kier molecular flexibility index (Phi) is 4.33. The number of carbonyl (C=O) groups excluding carboxylic acids is 1. The van der Waals surface area contributed by atoms with E-state index in [1.165, 1.54) is 0 Å². The Morgan fingerprint density at radius 1 is 1.33 bits per heavy atom. The molecule has 0 aromatic heterocycles. The summed E-state index contributed by atoms with van der Waals surface area (Å²) in [5, 5.41) is 4.02. The molecule has 2 aliphatic heterocycles. The van der Waals surface area contributed by atoms with Crippen molar-refractivity contribution in [2.24, 2.45) is 0 Å². The van der Waals surface area contributed by atoms with E-state index in [9.17, 15) is 9.00 Å². The van der Waals surface area contributed by atoms with E-state index in [2.05, 4.69) is 5.32 Å². The zero-order valence-corrected chi connectivity index (χ0v) is 13.5. The first-order chi connectivity index (χ1) is 10.1. The molecule has 2 saturated heterocycles. The minimum absolute atomic E-state index is 0.123. The fraction of sp³-hybridized carbons (Fsp3) is 0.533. The molecule has 4 nitrogen and oxygen atoms in total. The van der Waals surface area contributed by atoms with Crippen LogP contribution in [0.5, 0.6) is 0 Å². The van der Waals surface area contributed by atoms with Crippen LogP contribution < -0.4 is 5.32 Å². The third-order valence-corrected chi connectivity index (χ3v) is 5.84. The van der Waals surface area contributed by atoms with E-state index in [1.54, 1.807) is 0 Å². The summed E-state index contributed by atoms with van der Waals surface area (Å²) in [6, 6.07) is 7.60. The molecule has 1 aromatic carbocycles. The first kappa shape index (κ1) is 15.0. The van der Waals surface area contributed by atoms with Crippen LogP contribution in [0.4, 0.5) is 0 Å². The normalized spacial score (nSPS) is 33.4. The molecule has 0 aliphatic carbocycles. The highest BCUT2D eigenvalue weighted by atomic mass is 35.5. The van der Waals surface area contributed by atoms with Gasteiger partial charge in [-0.25, -0.2) is 0 Å². The maximum absolute atomic E-state index is 12.5. The first-order valence-electron chi connectivity index (χ1n) is 7.25. The zero-order chi connectivity index (χ0) is 15.0. The van der Waals surface area contributed by atoms with Crippen molar-refractivity contribution >= 4 is 28.3 Å². The van der Waals surface area contributed by atoms with Crippen LogP contribution in [0.1, 0.15) is 31.5 Å². The molecule has 0 saturated carbocycles. The van der Waals surface area contributed by atoms with Crippen LogP contribution in [0.2, 0.25) is 5.02 Å². The number of hydrogen-bond donors (Lipinski definition) is 1. The molecule has 114 valence electrons. The van der Waals surface area contributed by atoms with Gasteiger partial charge in [-0.1, -0.05) is 23.7 Å². The Hall–Kier alpha value is -0.910. The fourth-order valence-electron chi connectivity index (χ4n) is 3.12. The average molecular weight is 327 g/mol. The molecule has 0 bridgehead atoms. The van der Waals surface area contributed by atoms with E-state index >= 15 is 0 Å². The molecule has 3 rings (SSSR count). The lowest BCUT2D eigenvalue weighted by Crippen LogP contribution is -2.43.